The average Bonchev–Trinajstić information content (AvgIpc) is 2.75. The minimum Gasteiger partial charge on any atom is -0.367 e. The van der Waals surface area contributed by atoms with Crippen molar-refractivity contribution in [2.45, 2.75) is 31.4 Å². The molecule has 2 atom stereocenters. The molecule has 2 rings (SSSR count). The molecular weight excluding hydrogens is 252 g/mol. The monoisotopic (exact) mass is 268 g/mol. The SMILES string of the molecule is NC1CCCC1OCC(=O)Nc1ccccc1Cl. The van der Waals surface area contributed by atoms with Gasteiger partial charge in [-0.1, -0.05) is 23.7 Å². The molecule has 1 aromatic carbocycles. The van der Waals surface area contributed by atoms with Crippen molar-refractivity contribution in [3.63, 3.8) is 0 Å². The standard InChI is InChI=1S/C13H17ClN2O2/c14-9-4-1-2-6-11(9)16-13(17)8-18-12-7-3-5-10(12)15/h1-2,4,6,10,12H,3,5,7-8,15H2,(H,16,17). The minimum atomic E-state index is -0.206. The number of amides is 1. The predicted molar refractivity (Wildman–Crippen MR) is 71.6 cm³/mol. The molecule has 1 aliphatic rings. The molecule has 3 N–H and O–H groups in total. The smallest absolute Gasteiger partial charge is 0.250 e. The Balaban J connectivity index is 1.80. The molecule has 2 unspecified atom stereocenters. The summed E-state index contributed by atoms with van der Waals surface area (Å²) in [5, 5.41) is 3.23. The van der Waals surface area contributed by atoms with Gasteiger partial charge in [0.25, 0.3) is 0 Å². The highest BCUT2D eigenvalue weighted by Gasteiger charge is 2.25. The number of ether oxygens (including phenoxy) is 1. The average molecular weight is 269 g/mol. The molecule has 0 saturated heterocycles. The maximum Gasteiger partial charge on any atom is 0.250 e. The van der Waals surface area contributed by atoms with E-state index < -0.39 is 0 Å². The Morgan fingerprint density at radius 3 is 2.89 bits per heavy atom. The largest absolute Gasteiger partial charge is 0.367 e. The van der Waals surface area contributed by atoms with Crippen molar-refractivity contribution in [2.24, 2.45) is 5.73 Å². The lowest BCUT2D eigenvalue weighted by Crippen LogP contribution is -2.33. The van der Waals surface area contributed by atoms with Crippen LogP contribution in [0.5, 0.6) is 0 Å². The molecule has 1 saturated carbocycles. The van der Waals surface area contributed by atoms with Gasteiger partial charge in [-0.3, -0.25) is 4.79 Å². The highest BCUT2D eigenvalue weighted by atomic mass is 35.5. The molecule has 0 radical (unpaired) electrons. The first-order chi connectivity index (χ1) is 8.66. The third-order valence-corrected chi connectivity index (χ3v) is 3.41. The van der Waals surface area contributed by atoms with E-state index >= 15 is 0 Å². The van der Waals surface area contributed by atoms with E-state index in [0.29, 0.717) is 10.7 Å². The van der Waals surface area contributed by atoms with Gasteiger partial charge < -0.3 is 15.8 Å². The fraction of sp³-hybridized carbons (Fsp3) is 0.462. The zero-order valence-corrected chi connectivity index (χ0v) is 10.8. The highest BCUT2D eigenvalue weighted by Crippen LogP contribution is 2.21. The number of hydrogen-bond acceptors (Lipinski definition) is 3. The molecule has 0 aromatic heterocycles. The predicted octanol–water partition coefficient (Wildman–Crippen LogP) is 2.17. The van der Waals surface area contributed by atoms with Gasteiger partial charge in [0.15, 0.2) is 0 Å². The van der Waals surface area contributed by atoms with Gasteiger partial charge >= 0.3 is 0 Å². The molecule has 0 spiro atoms. The number of carbonyl (C=O) groups excluding carboxylic acids is 1. The van der Waals surface area contributed by atoms with Crippen molar-refractivity contribution >= 4 is 23.2 Å². The third-order valence-electron chi connectivity index (χ3n) is 3.08. The Kier molecular flexibility index (Phi) is 4.58. The van der Waals surface area contributed by atoms with Crippen LogP contribution in [0.1, 0.15) is 19.3 Å². The maximum absolute atomic E-state index is 11.7. The van der Waals surface area contributed by atoms with Crippen LogP contribution in [0.4, 0.5) is 5.69 Å². The molecule has 1 aliphatic carbocycles. The van der Waals surface area contributed by atoms with E-state index in [0.717, 1.165) is 19.3 Å². The zero-order valence-electron chi connectivity index (χ0n) is 10.1. The van der Waals surface area contributed by atoms with Gasteiger partial charge in [-0.05, 0) is 31.4 Å². The minimum absolute atomic E-state index is 0.00185. The number of benzene rings is 1. The van der Waals surface area contributed by atoms with Crippen molar-refractivity contribution in [1.82, 2.24) is 0 Å². The molecule has 0 heterocycles. The second kappa shape index (κ2) is 6.18. The van der Waals surface area contributed by atoms with Crippen molar-refractivity contribution in [1.29, 1.82) is 0 Å². The van der Waals surface area contributed by atoms with E-state index in [2.05, 4.69) is 5.32 Å². The second-order valence-electron chi connectivity index (χ2n) is 4.47. The maximum atomic E-state index is 11.7. The van der Waals surface area contributed by atoms with Gasteiger partial charge in [-0.25, -0.2) is 0 Å². The first kappa shape index (κ1) is 13.3. The summed E-state index contributed by atoms with van der Waals surface area (Å²) in [6, 6.07) is 7.16. The van der Waals surface area contributed by atoms with E-state index in [4.69, 9.17) is 22.1 Å². The van der Waals surface area contributed by atoms with E-state index in [-0.39, 0.29) is 24.7 Å². The molecule has 0 bridgehead atoms. The van der Waals surface area contributed by atoms with Crippen LogP contribution in [0.2, 0.25) is 5.02 Å². The van der Waals surface area contributed by atoms with E-state index in [1.807, 2.05) is 12.1 Å². The van der Waals surface area contributed by atoms with Gasteiger partial charge in [0.1, 0.15) is 6.61 Å². The molecule has 98 valence electrons. The van der Waals surface area contributed by atoms with Crippen LogP contribution >= 0.6 is 11.6 Å². The lowest BCUT2D eigenvalue weighted by Gasteiger charge is -2.16. The summed E-state index contributed by atoms with van der Waals surface area (Å²) in [7, 11) is 0. The highest BCUT2D eigenvalue weighted by molar-refractivity contribution is 6.33. The summed E-state index contributed by atoms with van der Waals surface area (Å²) in [5.74, 6) is -0.206. The third kappa shape index (κ3) is 3.45. The van der Waals surface area contributed by atoms with Crippen molar-refractivity contribution in [3.05, 3.63) is 29.3 Å². The summed E-state index contributed by atoms with van der Waals surface area (Å²) in [5.41, 5.74) is 6.46. The molecule has 4 nitrogen and oxygen atoms in total. The zero-order chi connectivity index (χ0) is 13.0. The van der Waals surface area contributed by atoms with Gasteiger partial charge in [0.2, 0.25) is 5.91 Å². The van der Waals surface area contributed by atoms with Gasteiger partial charge in [0.05, 0.1) is 16.8 Å². The summed E-state index contributed by atoms with van der Waals surface area (Å²) < 4.78 is 5.51. The summed E-state index contributed by atoms with van der Waals surface area (Å²) in [4.78, 5) is 11.7. The number of nitrogens with one attached hydrogen (secondary N) is 1. The van der Waals surface area contributed by atoms with Crippen LogP contribution in [0.25, 0.3) is 0 Å². The Hall–Kier alpha value is -1.10. The quantitative estimate of drug-likeness (QED) is 0.880. The molecular formula is C13H17ClN2O2. The van der Waals surface area contributed by atoms with E-state index in [1.54, 1.807) is 12.1 Å². The van der Waals surface area contributed by atoms with Crippen LogP contribution in [0, 0.1) is 0 Å². The summed E-state index contributed by atoms with van der Waals surface area (Å²) in [6.45, 7) is 0.0175. The van der Waals surface area contributed by atoms with Crippen LogP contribution in [0.15, 0.2) is 24.3 Å². The Labute approximate surface area is 111 Å². The van der Waals surface area contributed by atoms with Gasteiger partial charge in [0, 0.05) is 6.04 Å². The first-order valence-electron chi connectivity index (χ1n) is 6.08. The van der Waals surface area contributed by atoms with E-state index in [9.17, 15) is 4.79 Å². The van der Waals surface area contributed by atoms with Crippen LogP contribution in [-0.4, -0.2) is 24.7 Å². The molecule has 1 aromatic rings. The second-order valence-corrected chi connectivity index (χ2v) is 4.88. The normalized spacial score (nSPS) is 23.0. The first-order valence-corrected chi connectivity index (χ1v) is 6.46. The Morgan fingerprint density at radius 1 is 1.44 bits per heavy atom. The molecule has 0 aliphatic heterocycles. The van der Waals surface area contributed by atoms with Crippen LogP contribution < -0.4 is 11.1 Å². The van der Waals surface area contributed by atoms with Crippen molar-refractivity contribution in [3.8, 4) is 0 Å². The number of nitrogens with two attached hydrogens (primary N) is 1. The van der Waals surface area contributed by atoms with Crippen LogP contribution in [-0.2, 0) is 9.53 Å². The number of para-hydroxylation sites is 1. The number of anilines is 1. The molecule has 1 fully saturated rings. The van der Waals surface area contributed by atoms with Crippen LogP contribution in [0.3, 0.4) is 0 Å². The fourth-order valence-corrected chi connectivity index (χ4v) is 2.28. The Bertz CT molecular complexity index is 425. The fourth-order valence-electron chi connectivity index (χ4n) is 2.09. The van der Waals surface area contributed by atoms with Gasteiger partial charge in [-0.2, -0.15) is 0 Å². The molecule has 1 amide bonds. The molecule has 18 heavy (non-hydrogen) atoms. The topological polar surface area (TPSA) is 64.3 Å². The van der Waals surface area contributed by atoms with E-state index in [1.165, 1.54) is 0 Å². The molecule has 5 heteroatoms. The number of rotatable bonds is 4. The lowest BCUT2D eigenvalue weighted by atomic mass is 10.2. The van der Waals surface area contributed by atoms with Crippen molar-refractivity contribution < 1.29 is 9.53 Å². The Morgan fingerprint density at radius 2 is 2.22 bits per heavy atom. The number of halogens is 1. The van der Waals surface area contributed by atoms with Gasteiger partial charge in [-0.15, -0.1) is 0 Å². The lowest BCUT2D eigenvalue weighted by molar-refractivity contribution is -0.122. The number of carbonyl (C=O) groups is 1. The van der Waals surface area contributed by atoms with Crippen molar-refractivity contribution in [2.75, 3.05) is 11.9 Å². The summed E-state index contributed by atoms with van der Waals surface area (Å²) >= 11 is 5.94. The number of hydrogen-bond donors (Lipinski definition) is 2. The summed E-state index contributed by atoms with van der Waals surface area (Å²) in [6.07, 6.45) is 2.97.